The van der Waals surface area contributed by atoms with Gasteiger partial charge >= 0.3 is 5.97 Å². The molecule has 8 nitrogen and oxygen atoms in total. The molecular formula is C20H28N2O6. The van der Waals surface area contributed by atoms with Crippen LogP contribution in [0.1, 0.15) is 18.9 Å². The monoisotopic (exact) mass is 392 g/mol. The van der Waals surface area contributed by atoms with Crippen LogP contribution in [0.3, 0.4) is 0 Å². The number of aliphatic carboxylic acids is 1. The third-order valence-corrected chi connectivity index (χ3v) is 5.01. The van der Waals surface area contributed by atoms with Crippen LogP contribution in [0.5, 0.6) is 11.5 Å². The quantitative estimate of drug-likeness (QED) is 0.676. The van der Waals surface area contributed by atoms with Gasteiger partial charge in [-0.25, -0.2) is 0 Å². The number of benzene rings is 1. The Kier molecular flexibility index (Phi) is 7.11. The molecule has 2 aliphatic rings. The lowest BCUT2D eigenvalue weighted by Crippen LogP contribution is -2.38. The van der Waals surface area contributed by atoms with Gasteiger partial charge in [-0.3, -0.25) is 14.5 Å². The molecule has 1 aromatic carbocycles. The maximum absolute atomic E-state index is 12.1. The number of nitrogens with zero attached hydrogens (tertiary/aromatic N) is 2. The molecule has 1 unspecified atom stereocenters. The van der Waals surface area contributed by atoms with E-state index in [1.54, 1.807) is 4.90 Å². The summed E-state index contributed by atoms with van der Waals surface area (Å²) < 4.78 is 17.0. The highest BCUT2D eigenvalue weighted by atomic mass is 16.5. The Morgan fingerprint density at radius 2 is 2.04 bits per heavy atom. The molecule has 2 fully saturated rings. The Morgan fingerprint density at radius 3 is 2.71 bits per heavy atom. The zero-order chi connectivity index (χ0) is 19.9. The summed E-state index contributed by atoms with van der Waals surface area (Å²) in [4.78, 5) is 27.1. The third kappa shape index (κ3) is 5.36. The highest BCUT2D eigenvalue weighted by Crippen LogP contribution is 2.30. The van der Waals surface area contributed by atoms with Crippen molar-refractivity contribution in [2.75, 3.05) is 52.6 Å². The van der Waals surface area contributed by atoms with Crippen LogP contribution in [0.2, 0.25) is 0 Å². The van der Waals surface area contributed by atoms with E-state index in [2.05, 4.69) is 4.90 Å². The molecule has 0 radical (unpaired) electrons. The van der Waals surface area contributed by atoms with E-state index in [9.17, 15) is 9.59 Å². The molecule has 3 rings (SSSR count). The van der Waals surface area contributed by atoms with Crippen LogP contribution in [0, 0.1) is 5.92 Å². The van der Waals surface area contributed by atoms with Gasteiger partial charge in [0.05, 0.1) is 25.7 Å². The van der Waals surface area contributed by atoms with Gasteiger partial charge < -0.3 is 24.2 Å². The fourth-order valence-electron chi connectivity index (χ4n) is 3.46. The normalized spacial score (nSPS) is 20.4. The molecule has 8 heteroatoms. The number of carbonyl (C=O) groups is 2. The molecule has 154 valence electrons. The lowest BCUT2D eigenvalue weighted by atomic mass is 10.1. The highest BCUT2D eigenvalue weighted by molar-refractivity contribution is 5.86. The topological polar surface area (TPSA) is 88.5 Å². The molecule has 0 spiro atoms. The summed E-state index contributed by atoms with van der Waals surface area (Å²) in [6.45, 7) is 7.78. The first-order chi connectivity index (χ1) is 13.6. The number of hydrogen-bond acceptors (Lipinski definition) is 6. The molecule has 1 N–H and O–H groups in total. The first kappa shape index (κ1) is 20.4. The summed E-state index contributed by atoms with van der Waals surface area (Å²) in [7, 11) is 0. The standard InChI is InChI=1S/C20H28N2O6/c1-2-27-18-11-15(13-22-14-16(20(24)25)12-19(22)23)3-4-17(18)28-10-7-21-5-8-26-9-6-21/h3-4,11,16H,2,5-10,12-14H2,1H3,(H,24,25). The summed E-state index contributed by atoms with van der Waals surface area (Å²) in [6.07, 6.45) is 0.0659. The van der Waals surface area contributed by atoms with Crippen molar-refractivity contribution in [2.24, 2.45) is 5.92 Å². The van der Waals surface area contributed by atoms with Gasteiger partial charge in [-0.1, -0.05) is 6.07 Å². The van der Waals surface area contributed by atoms with Crippen molar-refractivity contribution in [1.82, 2.24) is 9.80 Å². The second-order valence-electron chi connectivity index (χ2n) is 7.03. The van der Waals surface area contributed by atoms with Gasteiger partial charge in [0.25, 0.3) is 0 Å². The predicted octanol–water partition coefficient (Wildman–Crippen LogP) is 1.23. The van der Waals surface area contributed by atoms with E-state index in [4.69, 9.17) is 19.3 Å². The van der Waals surface area contributed by atoms with Gasteiger partial charge in [0.15, 0.2) is 11.5 Å². The minimum absolute atomic E-state index is 0.0659. The van der Waals surface area contributed by atoms with Crippen molar-refractivity contribution in [3.8, 4) is 11.5 Å². The van der Waals surface area contributed by atoms with Crippen molar-refractivity contribution in [2.45, 2.75) is 19.9 Å². The van der Waals surface area contributed by atoms with Crippen molar-refractivity contribution >= 4 is 11.9 Å². The minimum Gasteiger partial charge on any atom is -0.490 e. The van der Waals surface area contributed by atoms with E-state index in [-0.39, 0.29) is 18.9 Å². The lowest BCUT2D eigenvalue weighted by molar-refractivity contribution is -0.141. The van der Waals surface area contributed by atoms with Crippen LogP contribution < -0.4 is 9.47 Å². The Balaban J connectivity index is 1.58. The van der Waals surface area contributed by atoms with Crippen molar-refractivity contribution in [3.05, 3.63) is 23.8 Å². The second kappa shape index (κ2) is 9.75. The molecule has 0 aliphatic carbocycles. The van der Waals surface area contributed by atoms with E-state index in [1.807, 2.05) is 25.1 Å². The predicted molar refractivity (Wildman–Crippen MR) is 102 cm³/mol. The maximum Gasteiger partial charge on any atom is 0.308 e. The van der Waals surface area contributed by atoms with Crippen molar-refractivity contribution in [1.29, 1.82) is 0 Å². The lowest BCUT2D eigenvalue weighted by Gasteiger charge is -2.26. The summed E-state index contributed by atoms with van der Waals surface area (Å²) >= 11 is 0. The zero-order valence-corrected chi connectivity index (χ0v) is 16.3. The summed E-state index contributed by atoms with van der Waals surface area (Å²) in [5.74, 6) is -0.355. The Morgan fingerprint density at radius 1 is 1.25 bits per heavy atom. The molecule has 0 bridgehead atoms. The van der Waals surface area contributed by atoms with Crippen LogP contribution in [-0.2, 0) is 20.9 Å². The molecule has 2 heterocycles. The molecule has 1 atom stereocenters. The molecule has 1 amide bonds. The molecule has 2 aliphatic heterocycles. The molecule has 0 saturated carbocycles. The van der Waals surface area contributed by atoms with Crippen LogP contribution in [0.15, 0.2) is 18.2 Å². The van der Waals surface area contributed by atoms with Crippen LogP contribution in [0.4, 0.5) is 0 Å². The molecule has 1 aromatic rings. The van der Waals surface area contributed by atoms with Gasteiger partial charge in [-0.05, 0) is 24.6 Å². The molecule has 0 aromatic heterocycles. The minimum atomic E-state index is -0.921. The number of morpholine rings is 1. The average molecular weight is 392 g/mol. The fourth-order valence-corrected chi connectivity index (χ4v) is 3.46. The van der Waals surface area contributed by atoms with Gasteiger partial charge in [-0.2, -0.15) is 0 Å². The van der Waals surface area contributed by atoms with Crippen LogP contribution in [0.25, 0.3) is 0 Å². The van der Waals surface area contributed by atoms with Crippen molar-refractivity contribution in [3.63, 3.8) is 0 Å². The average Bonchev–Trinajstić information content (AvgIpc) is 3.05. The van der Waals surface area contributed by atoms with Crippen LogP contribution >= 0.6 is 0 Å². The van der Waals surface area contributed by atoms with E-state index in [0.29, 0.717) is 31.3 Å². The number of amides is 1. The number of rotatable bonds is 9. The maximum atomic E-state index is 12.1. The van der Waals surface area contributed by atoms with Gasteiger partial charge in [0.2, 0.25) is 5.91 Å². The smallest absolute Gasteiger partial charge is 0.308 e. The molecule has 28 heavy (non-hydrogen) atoms. The highest BCUT2D eigenvalue weighted by Gasteiger charge is 2.34. The first-order valence-corrected chi connectivity index (χ1v) is 9.76. The fraction of sp³-hybridized carbons (Fsp3) is 0.600. The van der Waals surface area contributed by atoms with E-state index in [1.165, 1.54) is 0 Å². The second-order valence-corrected chi connectivity index (χ2v) is 7.03. The van der Waals surface area contributed by atoms with Crippen LogP contribution in [-0.4, -0.2) is 79.4 Å². The number of likely N-dealkylation sites (tertiary alicyclic amines) is 1. The summed E-state index contributed by atoms with van der Waals surface area (Å²) in [5, 5.41) is 9.12. The molecular weight excluding hydrogens is 364 g/mol. The number of carbonyl (C=O) groups excluding carboxylic acids is 1. The Hall–Kier alpha value is -2.32. The summed E-state index contributed by atoms with van der Waals surface area (Å²) in [5.41, 5.74) is 0.892. The third-order valence-electron chi connectivity index (χ3n) is 5.01. The first-order valence-electron chi connectivity index (χ1n) is 9.76. The molecule has 2 saturated heterocycles. The Labute approximate surface area is 165 Å². The van der Waals surface area contributed by atoms with Gasteiger partial charge in [-0.15, -0.1) is 0 Å². The Bertz CT molecular complexity index is 689. The van der Waals surface area contributed by atoms with E-state index >= 15 is 0 Å². The zero-order valence-electron chi connectivity index (χ0n) is 16.3. The number of carboxylic acid groups (broad SMARTS) is 1. The van der Waals surface area contributed by atoms with Crippen molar-refractivity contribution < 1.29 is 28.9 Å². The van der Waals surface area contributed by atoms with Gasteiger partial charge in [0.1, 0.15) is 6.61 Å². The van der Waals surface area contributed by atoms with E-state index < -0.39 is 11.9 Å². The number of hydrogen-bond donors (Lipinski definition) is 1. The largest absolute Gasteiger partial charge is 0.490 e. The summed E-state index contributed by atoms with van der Waals surface area (Å²) in [6, 6.07) is 5.62. The van der Waals surface area contributed by atoms with E-state index in [0.717, 1.165) is 38.4 Å². The number of ether oxygens (including phenoxy) is 3. The number of carboxylic acids is 1. The van der Waals surface area contributed by atoms with Gasteiger partial charge in [0, 0.05) is 39.1 Å². The SMILES string of the molecule is CCOc1cc(CN2CC(C(=O)O)CC2=O)ccc1OCCN1CCOCC1.